The molecule has 3 nitrogen and oxygen atoms in total. The third-order valence-corrected chi connectivity index (χ3v) is 1.61. The van der Waals surface area contributed by atoms with E-state index in [1.807, 2.05) is 19.9 Å². The van der Waals surface area contributed by atoms with Crippen LogP contribution in [0.15, 0.2) is 35.9 Å². The molecule has 0 radical (unpaired) electrons. The van der Waals surface area contributed by atoms with Gasteiger partial charge in [-0.2, -0.15) is 5.26 Å². The Labute approximate surface area is 88.6 Å². The van der Waals surface area contributed by atoms with E-state index in [0.717, 1.165) is 5.57 Å². The Balaban J connectivity index is 2.70. The second-order valence-electron chi connectivity index (χ2n) is 3.28. The summed E-state index contributed by atoms with van der Waals surface area (Å²) >= 11 is 0. The second kappa shape index (κ2) is 4.97. The first kappa shape index (κ1) is 11.0. The third-order valence-electron chi connectivity index (χ3n) is 1.61. The van der Waals surface area contributed by atoms with E-state index in [1.54, 1.807) is 24.3 Å². The lowest BCUT2D eigenvalue weighted by Gasteiger charge is -2.00. The molecular formula is C12H11NO2. The van der Waals surface area contributed by atoms with Gasteiger partial charge in [0.05, 0.1) is 11.6 Å². The van der Waals surface area contributed by atoms with Gasteiger partial charge < -0.3 is 4.74 Å². The molecule has 0 saturated heterocycles. The van der Waals surface area contributed by atoms with Crippen LogP contribution in [-0.2, 0) is 4.79 Å². The van der Waals surface area contributed by atoms with Gasteiger partial charge in [0.2, 0.25) is 0 Å². The van der Waals surface area contributed by atoms with Crippen LogP contribution in [0.5, 0.6) is 5.75 Å². The van der Waals surface area contributed by atoms with Crippen molar-refractivity contribution in [1.82, 2.24) is 0 Å². The van der Waals surface area contributed by atoms with Crippen LogP contribution in [0.2, 0.25) is 0 Å². The maximum Gasteiger partial charge on any atom is 0.336 e. The van der Waals surface area contributed by atoms with E-state index >= 15 is 0 Å². The summed E-state index contributed by atoms with van der Waals surface area (Å²) in [5.41, 5.74) is 1.42. The van der Waals surface area contributed by atoms with E-state index in [1.165, 1.54) is 6.08 Å². The molecule has 0 N–H and O–H groups in total. The first-order valence-electron chi connectivity index (χ1n) is 4.48. The summed E-state index contributed by atoms with van der Waals surface area (Å²) in [5.74, 6) is 0.0382. The Morgan fingerprint density at radius 3 is 2.40 bits per heavy atom. The van der Waals surface area contributed by atoms with Crippen LogP contribution < -0.4 is 4.74 Å². The minimum Gasteiger partial charge on any atom is -0.423 e. The number of benzene rings is 1. The highest BCUT2D eigenvalue weighted by molar-refractivity contribution is 5.84. The molecule has 0 spiro atoms. The van der Waals surface area contributed by atoms with E-state index < -0.39 is 5.97 Å². The fourth-order valence-corrected chi connectivity index (χ4v) is 0.979. The molecule has 15 heavy (non-hydrogen) atoms. The standard InChI is InChI=1S/C12H11NO2/c1-9(2)7-12(14)15-11-5-3-10(8-13)4-6-11/h3-7H,1-2H3. The first-order valence-corrected chi connectivity index (χ1v) is 4.48. The van der Waals surface area contributed by atoms with Gasteiger partial charge in [0.15, 0.2) is 0 Å². The van der Waals surface area contributed by atoms with Crippen molar-refractivity contribution in [1.29, 1.82) is 5.26 Å². The zero-order valence-corrected chi connectivity index (χ0v) is 8.65. The third kappa shape index (κ3) is 3.65. The number of carbonyl (C=O) groups is 1. The molecule has 3 heteroatoms. The Kier molecular flexibility index (Phi) is 3.64. The van der Waals surface area contributed by atoms with Gasteiger partial charge in [-0.25, -0.2) is 4.79 Å². The van der Waals surface area contributed by atoms with Crippen LogP contribution in [-0.4, -0.2) is 5.97 Å². The lowest BCUT2D eigenvalue weighted by atomic mass is 10.2. The highest BCUT2D eigenvalue weighted by atomic mass is 16.5. The van der Waals surface area contributed by atoms with Crippen LogP contribution in [0.25, 0.3) is 0 Å². The molecule has 0 aliphatic carbocycles. The highest BCUT2D eigenvalue weighted by Crippen LogP contribution is 2.12. The molecule has 0 aliphatic heterocycles. The van der Waals surface area contributed by atoms with Crippen LogP contribution in [0.1, 0.15) is 19.4 Å². The quantitative estimate of drug-likeness (QED) is 0.419. The van der Waals surface area contributed by atoms with Crippen molar-refractivity contribution in [2.24, 2.45) is 0 Å². The van der Waals surface area contributed by atoms with E-state index in [4.69, 9.17) is 10.00 Å². The summed E-state index contributed by atoms with van der Waals surface area (Å²) in [6.07, 6.45) is 1.41. The molecule has 1 rings (SSSR count). The van der Waals surface area contributed by atoms with Crippen LogP contribution in [0.3, 0.4) is 0 Å². The molecule has 0 heterocycles. The molecule has 0 saturated carbocycles. The normalized spacial score (nSPS) is 8.87. The Morgan fingerprint density at radius 1 is 1.33 bits per heavy atom. The number of nitrogens with zero attached hydrogens (tertiary/aromatic N) is 1. The minimum absolute atomic E-state index is 0.403. The van der Waals surface area contributed by atoms with Gasteiger partial charge in [-0.15, -0.1) is 0 Å². The van der Waals surface area contributed by atoms with Crippen molar-refractivity contribution in [2.75, 3.05) is 0 Å². The van der Waals surface area contributed by atoms with Gasteiger partial charge in [-0.3, -0.25) is 0 Å². The molecular weight excluding hydrogens is 190 g/mol. The second-order valence-corrected chi connectivity index (χ2v) is 3.28. The Morgan fingerprint density at radius 2 is 1.93 bits per heavy atom. The number of ether oxygens (including phenoxy) is 1. The van der Waals surface area contributed by atoms with E-state index in [-0.39, 0.29) is 0 Å². The SMILES string of the molecule is CC(C)=CC(=O)Oc1ccc(C#N)cc1. The monoisotopic (exact) mass is 201 g/mol. The van der Waals surface area contributed by atoms with Crippen molar-refractivity contribution >= 4 is 5.97 Å². The zero-order chi connectivity index (χ0) is 11.3. The van der Waals surface area contributed by atoms with Crippen molar-refractivity contribution in [2.45, 2.75) is 13.8 Å². The number of allylic oxidation sites excluding steroid dienone is 1. The summed E-state index contributed by atoms with van der Waals surface area (Å²) in [4.78, 5) is 11.2. The molecule has 1 aromatic carbocycles. The fraction of sp³-hybridized carbons (Fsp3) is 0.167. The van der Waals surface area contributed by atoms with E-state index in [2.05, 4.69) is 0 Å². The summed E-state index contributed by atoms with van der Waals surface area (Å²) in [7, 11) is 0. The largest absolute Gasteiger partial charge is 0.423 e. The molecule has 0 atom stereocenters. The Bertz CT molecular complexity index is 420. The average Bonchev–Trinajstić information content (AvgIpc) is 2.17. The van der Waals surface area contributed by atoms with Gasteiger partial charge >= 0.3 is 5.97 Å². The highest BCUT2D eigenvalue weighted by Gasteiger charge is 2.00. The van der Waals surface area contributed by atoms with Gasteiger partial charge in [0, 0.05) is 6.08 Å². The number of carbonyl (C=O) groups excluding carboxylic acids is 1. The van der Waals surface area contributed by atoms with Gasteiger partial charge in [0.1, 0.15) is 5.75 Å². The number of nitriles is 1. The van der Waals surface area contributed by atoms with Crippen LogP contribution in [0, 0.1) is 11.3 Å². The fourth-order valence-electron chi connectivity index (χ4n) is 0.979. The van der Waals surface area contributed by atoms with Crippen molar-refractivity contribution in [3.05, 3.63) is 41.5 Å². The zero-order valence-electron chi connectivity index (χ0n) is 8.65. The maximum atomic E-state index is 11.2. The molecule has 0 unspecified atom stereocenters. The molecule has 0 aromatic heterocycles. The first-order chi connectivity index (χ1) is 7.11. The lowest BCUT2D eigenvalue weighted by molar-refractivity contribution is -0.129. The predicted molar refractivity (Wildman–Crippen MR) is 56.2 cm³/mol. The summed E-state index contributed by atoms with van der Waals surface area (Å²) in [5, 5.41) is 8.56. The van der Waals surface area contributed by atoms with Crippen LogP contribution in [0.4, 0.5) is 0 Å². The topological polar surface area (TPSA) is 50.1 Å². The number of rotatable bonds is 2. The number of hydrogen-bond donors (Lipinski definition) is 0. The summed E-state index contributed by atoms with van der Waals surface area (Å²) in [6, 6.07) is 8.38. The minimum atomic E-state index is -0.403. The Hall–Kier alpha value is -2.08. The molecule has 76 valence electrons. The summed E-state index contributed by atoms with van der Waals surface area (Å²) in [6.45, 7) is 3.64. The molecule has 0 fully saturated rings. The number of hydrogen-bond acceptors (Lipinski definition) is 3. The average molecular weight is 201 g/mol. The predicted octanol–water partition coefficient (Wildman–Crippen LogP) is 2.43. The smallest absolute Gasteiger partial charge is 0.336 e. The molecule has 0 bridgehead atoms. The molecule has 0 aliphatic rings. The molecule has 1 aromatic rings. The van der Waals surface area contributed by atoms with Crippen molar-refractivity contribution < 1.29 is 9.53 Å². The van der Waals surface area contributed by atoms with Crippen molar-refractivity contribution in [3.63, 3.8) is 0 Å². The van der Waals surface area contributed by atoms with E-state index in [9.17, 15) is 4.79 Å². The van der Waals surface area contributed by atoms with Crippen LogP contribution >= 0.6 is 0 Å². The maximum absolute atomic E-state index is 11.2. The molecule has 0 amide bonds. The van der Waals surface area contributed by atoms with Gasteiger partial charge in [-0.05, 0) is 38.1 Å². The van der Waals surface area contributed by atoms with Gasteiger partial charge in [-0.1, -0.05) is 5.57 Å². The van der Waals surface area contributed by atoms with Gasteiger partial charge in [0.25, 0.3) is 0 Å². The van der Waals surface area contributed by atoms with E-state index in [0.29, 0.717) is 11.3 Å². The van der Waals surface area contributed by atoms with Crippen molar-refractivity contribution in [3.8, 4) is 11.8 Å². The summed E-state index contributed by atoms with van der Waals surface area (Å²) < 4.78 is 5.00. The lowest BCUT2D eigenvalue weighted by Crippen LogP contribution is -2.04. The number of esters is 1.